The number of hydrogen-bond donors (Lipinski definition) is 1. The van der Waals surface area contributed by atoms with E-state index in [1.807, 2.05) is 0 Å². The molecule has 3 nitrogen and oxygen atoms in total. The van der Waals surface area contributed by atoms with E-state index in [4.69, 9.17) is 23.2 Å². The maximum atomic E-state index is 12.4. The predicted octanol–water partition coefficient (Wildman–Crippen LogP) is 4.38. The molecule has 22 heavy (non-hydrogen) atoms. The van der Waals surface area contributed by atoms with Crippen LogP contribution in [0.15, 0.2) is 18.2 Å². The molecule has 5 heteroatoms. The highest BCUT2D eigenvalue weighted by molar-refractivity contribution is 6.36. The third-order valence-corrected chi connectivity index (χ3v) is 5.28. The Morgan fingerprint density at radius 2 is 1.82 bits per heavy atom. The quantitative estimate of drug-likeness (QED) is 0.823. The van der Waals surface area contributed by atoms with E-state index in [1.54, 1.807) is 18.2 Å². The van der Waals surface area contributed by atoms with Crippen molar-refractivity contribution in [3.63, 3.8) is 0 Å². The van der Waals surface area contributed by atoms with Gasteiger partial charge in [0.05, 0.1) is 10.6 Å². The number of carbonyl (C=O) groups is 1. The monoisotopic (exact) mass is 342 g/mol. The van der Waals surface area contributed by atoms with Gasteiger partial charge in [0, 0.05) is 17.1 Å². The van der Waals surface area contributed by atoms with E-state index in [1.165, 1.54) is 25.7 Å². The number of nitrogens with zero attached hydrogens (tertiary/aromatic N) is 1. The summed E-state index contributed by atoms with van der Waals surface area (Å²) >= 11 is 12.0. The van der Waals surface area contributed by atoms with Gasteiger partial charge in [-0.15, -0.1) is 0 Å². The van der Waals surface area contributed by atoms with Gasteiger partial charge in [0.2, 0.25) is 0 Å². The van der Waals surface area contributed by atoms with Crippen LogP contribution in [0.3, 0.4) is 0 Å². The summed E-state index contributed by atoms with van der Waals surface area (Å²) in [6.07, 6.45) is 7.24. The molecule has 0 spiro atoms. The van der Waals surface area contributed by atoms with Crippen molar-refractivity contribution in [2.24, 2.45) is 0 Å². The molecule has 0 heterocycles. The third kappa shape index (κ3) is 4.15. The minimum absolute atomic E-state index is 0.0467. The normalized spacial score (nSPS) is 18.0. The lowest BCUT2D eigenvalue weighted by atomic mass is 9.88. The summed E-state index contributed by atoms with van der Waals surface area (Å²) in [5, 5.41) is 4.00. The summed E-state index contributed by atoms with van der Waals surface area (Å²) in [6, 6.07) is 4.97. The first-order valence-electron chi connectivity index (χ1n) is 7.85. The van der Waals surface area contributed by atoms with Gasteiger partial charge in [0.1, 0.15) is 0 Å². The number of halogens is 2. The Morgan fingerprint density at radius 1 is 1.18 bits per heavy atom. The zero-order valence-electron chi connectivity index (χ0n) is 13.3. The highest BCUT2D eigenvalue weighted by Gasteiger charge is 2.33. The number of rotatable bonds is 4. The van der Waals surface area contributed by atoms with Crippen LogP contribution in [-0.4, -0.2) is 37.0 Å². The Morgan fingerprint density at radius 3 is 2.36 bits per heavy atom. The molecule has 0 bridgehead atoms. The summed E-state index contributed by atoms with van der Waals surface area (Å²) in [4.78, 5) is 14.7. The summed E-state index contributed by atoms with van der Waals surface area (Å²) < 4.78 is 0. The van der Waals surface area contributed by atoms with E-state index in [9.17, 15) is 4.79 Å². The van der Waals surface area contributed by atoms with Gasteiger partial charge in [-0.05, 0) is 45.1 Å². The van der Waals surface area contributed by atoms with Crippen LogP contribution in [0.4, 0.5) is 0 Å². The van der Waals surface area contributed by atoms with Crippen molar-refractivity contribution < 1.29 is 4.79 Å². The van der Waals surface area contributed by atoms with Gasteiger partial charge in [-0.1, -0.05) is 48.9 Å². The average molecular weight is 343 g/mol. The summed E-state index contributed by atoms with van der Waals surface area (Å²) in [5.74, 6) is -0.132. The number of carbonyl (C=O) groups excluding carboxylic acids is 1. The lowest BCUT2D eigenvalue weighted by molar-refractivity contribution is 0.0869. The third-order valence-electron chi connectivity index (χ3n) is 4.74. The number of likely N-dealkylation sites (N-methyl/N-ethyl adjacent to an activating group) is 1. The van der Waals surface area contributed by atoms with Crippen molar-refractivity contribution in [1.29, 1.82) is 0 Å². The molecule has 1 amide bonds. The van der Waals surface area contributed by atoms with Crippen LogP contribution in [0.2, 0.25) is 10.0 Å². The maximum Gasteiger partial charge on any atom is 0.252 e. The molecule has 1 N–H and O–H groups in total. The van der Waals surface area contributed by atoms with Gasteiger partial charge < -0.3 is 10.2 Å². The minimum atomic E-state index is -0.132. The average Bonchev–Trinajstić information content (AvgIpc) is 2.71. The second-order valence-electron chi connectivity index (χ2n) is 6.34. The second kappa shape index (κ2) is 7.67. The van der Waals surface area contributed by atoms with Crippen LogP contribution < -0.4 is 5.32 Å². The second-order valence-corrected chi connectivity index (χ2v) is 7.18. The summed E-state index contributed by atoms with van der Waals surface area (Å²) in [7, 11) is 4.21. The molecule has 1 saturated carbocycles. The predicted molar refractivity (Wildman–Crippen MR) is 92.9 cm³/mol. The van der Waals surface area contributed by atoms with Crippen LogP contribution in [0.25, 0.3) is 0 Å². The molecule has 0 radical (unpaired) electrons. The van der Waals surface area contributed by atoms with Gasteiger partial charge in [-0.3, -0.25) is 4.79 Å². The van der Waals surface area contributed by atoms with Crippen LogP contribution in [0.1, 0.15) is 48.9 Å². The van der Waals surface area contributed by atoms with Crippen molar-refractivity contribution in [2.75, 3.05) is 20.6 Å². The first-order valence-corrected chi connectivity index (χ1v) is 8.61. The van der Waals surface area contributed by atoms with Gasteiger partial charge in [-0.25, -0.2) is 0 Å². The van der Waals surface area contributed by atoms with Crippen molar-refractivity contribution in [3.05, 3.63) is 33.8 Å². The van der Waals surface area contributed by atoms with Crippen LogP contribution in [0.5, 0.6) is 0 Å². The fourth-order valence-electron chi connectivity index (χ4n) is 3.18. The molecule has 122 valence electrons. The summed E-state index contributed by atoms with van der Waals surface area (Å²) in [5.41, 5.74) is 0.527. The molecule has 1 fully saturated rings. The van der Waals surface area contributed by atoms with E-state index < -0.39 is 0 Å². The highest BCUT2D eigenvalue weighted by atomic mass is 35.5. The number of amides is 1. The fraction of sp³-hybridized carbons (Fsp3) is 0.588. The Kier molecular flexibility index (Phi) is 6.13. The number of benzene rings is 1. The van der Waals surface area contributed by atoms with E-state index in [0.717, 1.165) is 12.8 Å². The molecule has 0 aliphatic heterocycles. The molecule has 1 aliphatic carbocycles. The molecule has 1 aromatic rings. The number of hydrogen-bond acceptors (Lipinski definition) is 2. The minimum Gasteiger partial charge on any atom is -0.350 e. The smallest absolute Gasteiger partial charge is 0.252 e. The van der Waals surface area contributed by atoms with Crippen LogP contribution in [0, 0.1) is 0 Å². The highest BCUT2D eigenvalue weighted by Crippen LogP contribution is 2.30. The van der Waals surface area contributed by atoms with Gasteiger partial charge in [0.25, 0.3) is 5.91 Å². The number of nitrogens with one attached hydrogen (secondary N) is 1. The molecule has 2 rings (SSSR count). The molecule has 0 unspecified atom stereocenters. The molecule has 1 aliphatic rings. The van der Waals surface area contributed by atoms with E-state index >= 15 is 0 Å². The molecular formula is C17H24Cl2N2O. The Labute approximate surface area is 143 Å². The fourth-order valence-corrected chi connectivity index (χ4v) is 3.68. The lowest BCUT2D eigenvalue weighted by Gasteiger charge is -2.39. The van der Waals surface area contributed by atoms with E-state index in [0.29, 0.717) is 22.2 Å². The van der Waals surface area contributed by atoms with Gasteiger partial charge in [0.15, 0.2) is 0 Å². The van der Waals surface area contributed by atoms with Crippen molar-refractivity contribution in [1.82, 2.24) is 10.2 Å². The molecule has 0 saturated heterocycles. The lowest BCUT2D eigenvalue weighted by Crippen LogP contribution is -2.52. The Hall–Kier alpha value is -0.770. The molecule has 1 aromatic carbocycles. The van der Waals surface area contributed by atoms with E-state index in [2.05, 4.69) is 24.3 Å². The zero-order chi connectivity index (χ0) is 16.2. The SMILES string of the molecule is CN(C)C1(CNC(=O)c2ccc(Cl)cc2Cl)CCCCCC1. The first kappa shape index (κ1) is 17.6. The molecule has 0 aromatic heterocycles. The van der Waals surface area contributed by atoms with Crippen molar-refractivity contribution >= 4 is 29.1 Å². The first-order chi connectivity index (χ1) is 10.4. The maximum absolute atomic E-state index is 12.4. The van der Waals surface area contributed by atoms with Crippen molar-refractivity contribution in [3.8, 4) is 0 Å². The van der Waals surface area contributed by atoms with Crippen molar-refractivity contribution in [2.45, 2.75) is 44.1 Å². The molecular weight excluding hydrogens is 319 g/mol. The topological polar surface area (TPSA) is 32.3 Å². The summed E-state index contributed by atoms with van der Waals surface area (Å²) in [6.45, 7) is 0.651. The molecule has 0 atom stereocenters. The Bertz CT molecular complexity index is 523. The largest absolute Gasteiger partial charge is 0.350 e. The standard InChI is InChI=1S/C17H24Cl2N2O/c1-21(2)17(9-5-3-4-6-10-17)12-20-16(22)14-8-7-13(18)11-15(14)19/h7-8,11H,3-6,9-10,12H2,1-2H3,(H,20,22). The Balaban J connectivity index is 2.07. The van der Waals surface area contributed by atoms with E-state index in [-0.39, 0.29) is 11.4 Å². The van der Waals surface area contributed by atoms with Gasteiger partial charge in [-0.2, -0.15) is 0 Å². The van der Waals surface area contributed by atoms with Crippen LogP contribution >= 0.6 is 23.2 Å². The van der Waals surface area contributed by atoms with Gasteiger partial charge >= 0.3 is 0 Å². The van der Waals surface area contributed by atoms with Crippen LogP contribution in [-0.2, 0) is 0 Å². The zero-order valence-corrected chi connectivity index (χ0v) is 14.8.